The molecule has 0 aromatic heterocycles. The minimum Gasteiger partial charge on any atom is -0.425 e. The van der Waals surface area contributed by atoms with E-state index in [2.05, 4.69) is 24.5 Å². The van der Waals surface area contributed by atoms with E-state index < -0.39 is 12.0 Å². The number of esters is 1. The lowest BCUT2D eigenvalue weighted by Crippen LogP contribution is -2.61. The summed E-state index contributed by atoms with van der Waals surface area (Å²) < 4.78 is 5.42. The van der Waals surface area contributed by atoms with Gasteiger partial charge in [-0.3, -0.25) is 14.9 Å². The van der Waals surface area contributed by atoms with E-state index in [0.717, 1.165) is 12.0 Å². The zero-order chi connectivity index (χ0) is 27.8. The number of carbonyl (C=O) groups excluding carboxylic acids is 3. The second-order valence-electron chi connectivity index (χ2n) is 11.1. The fraction of sp³-hybridized carbons (Fsp3) is 0.516. The van der Waals surface area contributed by atoms with Crippen molar-refractivity contribution in [1.29, 1.82) is 0 Å². The Balaban J connectivity index is 1.27. The molecule has 39 heavy (non-hydrogen) atoms. The molecule has 1 aliphatic carbocycles. The molecule has 0 spiro atoms. The molecule has 1 saturated heterocycles. The van der Waals surface area contributed by atoms with Crippen molar-refractivity contribution in [3.8, 4) is 5.75 Å². The van der Waals surface area contributed by atoms with Gasteiger partial charge in [0, 0.05) is 11.6 Å². The van der Waals surface area contributed by atoms with Gasteiger partial charge in [-0.2, -0.15) is 0 Å². The molecule has 4 N–H and O–H groups in total. The first-order chi connectivity index (χ1) is 18.8. The first kappa shape index (κ1) is 29.3. The fourth-order valence-corrected chi connectivity index (χ4v) is 6.65. The van der Waals surface area contributed by atoms with Crippen LogP contribution in [0.4, 0.5) is 0 Å². The second kappa shape index (κ2) is 14.1. The summed E-state index contributed by atoms with van der Waals surface area (Å²) in [5, 5.41) is 6.71. The molecule has 0 bridgehead atoms. The molecule has 4 unspecified atom stereocenters. The summed E-state index contributed by atoms with van der Waals surface area (Å²) in [5.74, 6) is 0.928. The van der Waals surface area contributed by atoms with E-state index in [1.54, 1.807) is 24.3 Å². The van der Waals surface area contributed by atoms with Crippen LogP contribution in [0.1, 0.15) is 68.3 Å². The van der Waals surface area contributed by atoms with Gasteiger partial charge in [0.2, 0.25) is 5.91 Å². The number of benzene rings is 2. The first-order valence-electron chi connectivity index (χ1n) is 14.1. The van der Waals surface area contributed by atoms with Gasteiger partial charge in [0.15, 0.2) is 5.78 Å². The van der Waals surface area contributed by atoms with Crippen molar-refractivity contribution >= 4 is 29.4 Å². The standard InChI is InChI=1S/C31H41N3O4S/c1-20(2)28-26(18-22-11-7-4-8-12-22)33-31(34-29(28)36)39-19-27(35)23-13-15-24(16-14-23)38-30(37)25(32)17-21-9-5-3-6-10-21/h3,5-6,9-10,13-16,20,22,25-26,28,31,33H,4,7-8,11-12,17-19,32H2,1-2H3,(H,34,36). The summed E-state index contributed by atoms with van der Waals surface area (Å²) in [7, 11) is 0. The maximum atomic E-state index is 13.0. The molecule has 7 nitrogen and oxygen atoms in total. The molecular weight excluding hydrogens is 510 g/mol. The Bertz CT molecular complexity index is 1100. The number of Topliss-reactive ketones (excluding diaryl/α,β-unsaturated/α-hetero) is 1. The van der Waals surface area contributed by atoms with Gasteiger partial charge in [-0.15, -0.1) is 11.8 Å². The number of rotatable bonds is 11. The molecule has 1 amide bonds. The van der Waals surface area contributed by atoms with Crippen molar-refractivity contribution in [2.75, 3.05) is 5.75 Å². The van der Waals surface area contributed by atoms with Gasteiger partial charge in [0.25, 0.3) is 0 Å². The lowest BCUT2D eigenvalue weighted by Gasteiger charge is -2.41. The van der Waals surface area contributed by atoms with Gasteiger partial charge < -0.3 is 15.8 Å². The Morgan fingerprint density at radius 2 is 1.72 bits per heavy atom. The molecule has 210 valence electrons. The van der Waals surface area contributed by atoms with E-state index >= 15 is 0 Å². The number of thioether (sulfide) groups is 1. The summed E-state index contributed by atoms with van der Waals surface area (Å²) in [6.45, 7) is 4.21. The number of carbonyl (C=O) groups is 3. The third-order valence-electron chi connectivity index (χ3n) is 7.78. The Kier molecular flexibility index (Phi) is 10.6. The minimum atomic E-state index is -0.777. The number of nitrogens with two attached hydrogens (primary N) is 1. The lowest BCUT2D eigenvalue weighted by atomic mass is 9.78. The van der Waals surface area contributed by atoms with Crippen LogP contribution in [0.15, 0.2) is 54.6 Å². The van der Waals surface area contributed by atoms with Crippen molar-refractivity contribution in [2.45, 2.75) is 76.4 Å². The molecular formula is C31H41N3O4S. The van der Waals surface area contributed by atoms with Crippen LogP contribution in [0.5, 0.6) is 5.75 Å². The molecule has 0 radical (unpaired) electrons. The largest absolute Gasteiger partial charge is 0.425 e. The van der Waals surface area contributed by atoms with Crippen LogP contribution in [0, 0.1) is 17.8 Å². The number of nitrogens with one attached hydrogen (secondary N) is 2. The average molecular weight is 552 g/mol. The van der Waals surface area contributed by atoms with E-state index in [4.69, 9.17) is 10.5 Å². The van der Waals surface area contributed by atoms with Crippen LogP contribution in [0.3, 0.4) is 0 Å². The minimum absolute atomic E-state index is 0.0514. The quantitative estimate of drug-likeness (QED) is 0.211. The second-order valence-corrected chi connectivity index (χ2v) is 12.2. The number of hydrogen-bond donors (Lipinski definition) is 3. The van der Waals surface area contributed by atoms with Crippen LogP contribution >= 0.6 is 11.8 Å². The van der Waals surface area contributed by atoms with Gasteiger partial charge in [0.1, 0.15) is 17.3 Å². The van der Waals surface area contributed by atoms with Crippen molar-refractivity contribution in [1.82, 2.24) is 10.6 Å². The van der Waals surface area contributed by atoms with E-state index in [1.165, 1.54) is 43.9 Å². The number of hydrogen-bond acceptors (Lipinski definition) is 7. The zero-order valence-electron chi connectivity index (χ0n) is 22.9. The highest BCUT2D eigenvalue weighted by atomic mass is 32.2. The van der Waals surface area contributed by atoms with Crippen LogP contribution < -0.4 is 21.1 Å². The van der Waals surface area contributed by atoms with Crippen LogP contribution in [-0.4, -0.2) is 41.0 Å². The molecule has 2 aliphatic rings. The Morgan fingerprint density at radius 3 is 2.38 bits per heavy atom. The topological polar surface area (TPSA) is 111 Å². The predicted molar refractivity (Wildman–Crippen MR) is 155 cm³/mol. The van der Waals surface area contributed by atoms with Gasteiger partial charge in [-0.25, -0.2) is 4.79 Å². The Morgan fingerprint density at radius 1 is 1.03 bits per heavy atom. The zero-order valence-corrected chi connectivity index (χ0v) is 23.8. The summed E-state index contributed by atoms with van der Waals surface area (Å²) >= 11 is 1.41. The normalized spacial score (nSPS) is 22.8. The third kappa shape index (κ3) is 8.40. The fourth-order valence-electron chi connectivity index (χ4n) is 5.70. The van der Waals surface area contributed by atoms with Gasteiger partial charge in [0.05, 0.1) is 11.7 Å². The number of amides is 1. The molecule has 1 saturated carbocycles. The molecule has 2 aromatic carbocycles. The Labute approximate surface area is 236 Å². The van der Waals surface area contributed by atoms with Crippen LogP contribution in [0.2, 0.25) is 0 Å². The van der Waals surface area contributed by atoms with Gasteiger partial charge in [-0.05, 0) is 54.5 Å². The predicted octanol–water partition coefficient (Wildman–Crippen LogP) is 4.69. The van der Waals surface area contributed by atoms with E-state index in [9.17, 15) is 14.4 Å². The highest BCUT2D eigenvalue weighted by molar-refractivity contribution is 8.00. The maximum Gasteiger partial charge on any atom is 0.328 e. The smallest absolute Gasteiger partial charge is 0.328 e. The Hall–Kier alpha value is -2.68. The van der Waals surface area contributed by atoms with E-state index in [1.807, 2.05) is 30.3 Å². The number of ketones is 1. The molecule has 1 heterocycles. The van der Waals surface area contributed by atoms with Crippen molar-refractivity contribution in [3.63, 3.8) is 0 Å². The lowest BCUT2D eigenvalue weighted by molar-refractivity contribution is -0.135. The molecule has 2 aromatic rings. The van der Waals surface area contributed by atoms with Crippen LogP contribution in [0.25, 0.3) is 0 Å². The maximum absolute atomic E-state index is 13.0. The summed E-state index contributed by atoms with van der Waals surface area (Å²) in [6, 6.07) is 15.4. The van der Waals surface area contributed by atoms with Crippen molar-refractivity contribution in [2.24, 2.45) is 23.5 Å². The summed E-state index contributed by atoms with van der Waals surface area (Å²) in [5.41, 5.74) is 7.21. The molecule has 1 aliphatic heterocycles. The molecule has 2 fully saturated rings. The highest BCUT2D eigenvalue weighted by Gasteiger charge is 2.39. The highest BCUT2D eigenvalue weighted by Crippen LogP contribution is 2.33. The van der Waals surface area contributed by atoms with Crippen molar-refractivity contribution in [3.05, 3.63) is 65.7 Å². The number of ether oxygens (including phenoxy) is 1. The van der Waals surface area contributed by atoms with E-state index in [0.29, 0.717) is 23.7 Å². The third-order valence-corrected chi connectivity index (χ3v) is 8.80. The molecule has 8 heteroatoms. The van der Waals surface area contributed by atoms with Gasteiger partial charge in [-0.1, -0.05) is 76.3 Å². The first-order valence-corrected chi connectivity index (χ1v) is 15.2. The molecule has 4 rings (SSSR count). The summed E-state index contributed by atoms with van der Waals surface area (Å²) in [4.78, 5) is 38.3. The molecule has 4 atom stereocenters. The average Bonchev–Trinajstić information content (AvgIpc) is 2.93. The van der Waals surface area contributed by atoms with Gasteiger partial charge >= 0.3 is 5.97 Å². The monoisotopic (exact) mass is 551 g/mol. The van der Waals surface area contributed by atoms with Crippen LogP contribution in [-0.2, 0) is 16.0 Å². The van der Waals surface area contributed by atoms with Crippen molar-refractivity contribution < 1.29 is 19.1 Å². The van der Waals surface area contributed by atoms with E-state index in [-0.39, 0.29) is 40.8 Å². The SMILES string of the molecule is CC(C)C1C(=O)NC(SCC(=O)c2ccc(OC(=O)C(N)Cc3ccccc3)cc2)NC1CC1CCCCC1. The summed E-state index contributed by atoms with van der Waals surface area (Å²) in [6.07, 6.45) is 7.75.